The zero-order valence-corrected chi connectivity index (χ0v) is 13.6. The van der Waals surface area contributed by atoms with E-state index >= 15 is 0 Å². The maximum absolute atomic E-state index is 12.2. The van der Waals surface area contributed by atoms with E-state index in [2.05, 4.69) is 5.11 Å². The van der Waals surface area contributed by atoms with Gasteiger partial charge in [-0.05, 0) is 35.9 Å². The number of azo groups is 2. The van der Waals surface area contributed by atoms with Crippen molar-refractivity contribution in [3.63, 3.8) is 0 Å². The lowest BCUT2D eigenvalue weighted by atomic mass is 10.3. The van der Waals surface area contributed by atoms with Crippen LogP contribution in [0.4, 0.5) is 5.69 Å². The molecule has 2 amide bonds. The number of rotatable bonds is 5. The van der Waals surface area contributed by atoms with Crippen LogP contribution in [-0.4, -0.2) is 59.7 Å². The van der Waals surface area contributed by atoms with E-state index in [1.807, 2.05) is 36.1 Å². The molecule has 3 rings (SSSR count). The smallest absolute Gasteiger partial charge is 0.494 e. The number of carbonyl (C=O) groups excluding carboxylic acids is 3. The highest BCUT2D eigenvalue weighted by Gasteiger charge is 2.49. The molecule has 1 aromatic rings. The van der Waals surface area contributed by atoms with Crippen LogP contribution in [0.15, 0.2) is 29.4 Å². The van der Waals surface area contributed by atoms with Crippen molar-refractivity contribution in [3.05, 3.63) is 24.3 Å². The van der Waals surface area contributed by atoms with E-state index < -0.39 is 18.1 Å². The van der Waals surface area contributed by atoms with Crippen LogP contribution in [0.5, 0.6) is 5.75 Å². The molecule has 0 bridgehead atoms. The molecule has 1 aromatic carbocycles. The number of Topliss-reactive ketones (excluding diaryl/α,β-unsaturated/α-hetero) is 1. The molecule has 0 spiro atoms. The molecule has 0 aromatic heterocycles. The Morgan fingerprint density at radius 2 is 1.92 bits per heavy atom. The fourth-order valence-electron chi connectivity index (χ4n) is 2.84. The van der Waals surface area contributed by atoms with E-state index in [0.717, 1.165) is 16.1 Å². The number of fused-ring (bicyclic) bond motifs is 1. The van der Waals surface area contributed by atoms with Gasteiger partial charge in [0, 0.05) is 30.8 Å². The van der Waals surface area contributed by atoms with Gasteiger partial charge in [0.25, 0.3) is 6.29 Å². The van der Waals surface area contributed by atoms with Crippen molar-refractivity contribution in [2.45, 2.75) is 20.1 Å². The molecule has 2 aliphatic rings. The lowest BCUT2D eigenvalue weighted by Gasteiger charge is -2.27. The first-order valence-electron chi connectivity index (χ1n) is 7.83. The predicted molar refractivity (Wildman–Crippen MR) is 83.7 cm³/mol. The number of hydrogen-bond acceptors (Lipinski definition) is 6. The van der Waals surface area contributed by atoms with Crippen molar-refractivity contribution >= 4 is 23.3 Å². The van der Waals surface area contributed by atoms with E-state index in [-0.39, 0.29) is 12.3 Å². The van der Waals surface area contributed by atoms with Crippen molar-refractivity contribution in [1.29, 1.82) is 0 Å². The second-order valence-corrected chi connectivity index (χ2v) is 5.65. The Hall–Kier alpha value is -2.77. The molecule has 24 heavy (non-hydrogen) atoms. The van der Waals surface area contributed by atoms with Gasteiger partial charge in [-0.3, -0.25) is 14.5 Å². The molecule has 0 saturated carbocycles. The summed E-state index contributed by atoms with van der Waals surface area (Å²) in [6.45, 7) is 4.66. The van der Waals surface area contributed by atoms with Gasteiger partial charge in [-0.15, -0.1) is 0 Å². The number of benzene rings is 1. The third-order valence-corrected chi connectivity index (χ3v) is 3.91. The molecule has 8 heteroatoms. The van der Waals surface area contributed by atoms with E-state index in [4.69, 9.17) is 4.74 Å². The average molecular weight is 331 g/mol. The lowest BCUT2D eigenvalue weighted by molar-refractivity contribution is -0.509. The molecule has 1 saturated heterocycles. The van der Waals surface area contributed by atoms with Gasteiger partial charge in [-0.2, -0.15) is 0 Å². The number of ketones is 1. The van der Waals surface area contributed by atoms with Crippen molar-refractivity contribution in [3.8, 4) is 5.75 Å². The normalized spacial score (nSPS) is 20.1. The molecule has 0 radical (unpaired) electrons. The Bertz CT molecular complexity index is 713. The third-order valence-electron chi connectivity index (χ3n) is 3.91. The minimum atomic E-state index is -0.755. The number of nitrogens with zero attached hydrogens (tertiary/aromatic N) is 4. The summed E-state index contributed by atoms with van der Waals surface area (Å²) in [5.74, 6) is -0.832. The summed E-state index contributed by atoms with van der Waals surface area (Å²) in [6, 6.07) is 7.48. The van der Waals surface area contributed by atoms with Crippen LogP contribution in [0, 0.1) is 0 Å². The van der Waals surface area contributed by atoms with Gasteiger partial charge in [-0.25, -0.2) is 4.79 Å². The van der Waals surface area contributed by atoms with Gasteiger partial charge >= 0.3 is 11.8 Å². The Labute approximate surface area is 139 Å². The quantitative estimate of drug-likeness (QED) is 0.583. The molecule has 1 atom stereocenters. The van der Waals surface area contributed by atoms with Crippen molar-refractivity contribution < 1.29 is 23.8 Å². The van der Waals surface area contributed by atoms with Crippen LogP contribution in [-0.2, 0) is 14.4 Å². The average Bonchev–Trinajstić information content (AvgIpc) is 2.97. The topological polar surface area (TPSA) is 82.3 Å². The van der Waals surface area contributed by atoms with Crippen LogP contribution >= 0.6 is 0 Å². The first-order chi connectivity index (χ1) is 11.5. The highest BCUT2D eigenvalue weighted by molar-refractivity contribution is 6.31. The molecule has 2 aliphatic heterocycles. The number of ether oxygens (including phenoxy) is 1. The molecule has 8 nitrogen and oxygen atoms in total. The second-order valence-electron chi connectivity index (χ2n) is 5.65. The van der Waals surface area contributed by atoms with Gasteiger partial charge in [0.15, 0.2) is 5.78 Å². The first-order valence-corrected chi connectivity index (χ1v) is 7.83. The Balaban J connectivity index is 1.88. The van der Waals surface area contributed by atoms with Crippen molar-refractivity contribution in [2.24, 2.45) is 5.11 Å². The highest BCUT2D eigenvalue weighted by Crippen LogP contribution is 2.28. The third kappa shape index (κ3) is 2.86. The van der Waals surface area contributed by atoms with Gasteiger partial charge in [0.1, 0.15) is 5.75 Å². The SMILES string of the molecule is CCOc1ccc(N2CCN3C(=O)C(=O)[N+](CC(C)=O)=NC32)cc1. The number of anilines is 1. The van der Waals surface area contributed by atoms with E-state index in [1.54, 1.807) is 0 Å². The second kappa shape index (κ2) is 6.38. The molecule has 0 aliphatic carbocycles. The van der Waals surface area contributed by atoms with E-state index in [1.165, 1.54) is 11.8 Å². The summed E-state index contributed by atoms with van der Waals surface area (Å²) in [7, 11) is 0. The largest absolute Gasteiger partial charge is 0.502 e. The lowest BCUT2D eigenvalue weighted by Crippen LogP contribution is -2.52. The molecule has 1 unspecified atom stereocenters. The van der Waals surface area contributed by atoms with Crippen LogP contribution in [0.25, 0.3) is 0 Å². The Morgan fingerprint density at radius 3 is 2.54 bits per heavy atom. The van der Waals surface area contributed by atoms with Crippen molar-refractivity contribution in [1.82, 2.24) is 4.90 Å². The van der Waals surface area contributed by atoms with Gasteiger partial charge < -0.3 is 9.64 Å². The summed E-state index contributed by atoms with van der Waals surface area (Å²) in [4.78, 5) is 38.9. The van der Waals surface area contributed by atoms with Crippen molar-refractivity contribution in [2.75, 3.05) is 31.1 Å². The molecule has 2 heterocycles. The summed E-state index contributed by atoms with van der Waals surface area (Å²) in [5.41, 5.74) is 0.875. The maximum atomic E-state index is 12.2. The van der Waals surface area contributed by atoms with Crippen LogP contribution in [0.1, 0.15) is 13.8 Å². The summed E-state index contributed by atoms with van der Waals surface area (Å²) < 4.78 is 6.40. The summed E-state index contributed by atoms with van der Waals surface area (Å²) >= 11 is 0. The Morgan fingerprint density at radius 1 is 1.25 bits per heavy atom. The molecule has 126 valence electrons. The zero-order valence-electron chi connectivity index (χ0n) is 13.6. The standard InChI is InChI=1S/C16H19N4O4/c1-3-24-13-6-4-12(5-7-13)18-8-9-19-14(22)15(23)20(10-11(2)21)17-16(18)19/h4-7,16H,3,8-10H2,1-2H3/q+1. The van der Waals surface area contributed by atoms with Crippen LogP contribution < -0.4 is 9.64 Å². The zero-order chi connectivity index (χ0) is 17.3. The first kappa shape index (κ1) is 16.1. The summed E-state index contributed by atoms with van der Waals surface area (Å²) in [5, 5.41) is 4.29. The minimum absolute atomic E-state index is 0.188. The molecule has 1 fully saturated rings. The maximum Gasteiger partial charge on any atom is 0.502 e. The fourth-order valence-corrected chi connectivity index (χ4v) is 2.84. The summed E-state index contributed by atoms with van der Waals surface area (Å²) in [6.07, 6.45) is -0.604. The van der Waals surface area contributed by atoms with Gasteiger partial charge in [0.2, 0.25) is 6.54 Å². The van der Waals surface area contributed by atoms with Crippen LogP contribution in [0.2, 0.25) is 0 Å². The number of amides is 2. The highest BCUT2D eigenvalue weighted by atomic mass is 16.5. The Kier molecular flexibility index (Phi) is 4.28. The van der Waals surface area contributed by atoms with Gasteiger partial charge in [0.05, 0.1) is 6.61 Å². The number of carbonyl (C=O) groups is 3. The molecular weight excluding hydrogens is 312 g/mol. The van der Waals surface area contributed by atoms with Gasteiger partial charge in [-0.1, -0.05) is 0 Å². The minimum Gasteiger partial charge on any atom is -0.494 e. The predicted octanol–water partition coefficient (Wildman–Crippen LogP) is 0.611. The van der Waals surface area contributed by atoms with E-state index in [0.29, 0.717) is 19.7 Å². The van der Waals surface area contributed by atoms with Crippen LogP contribution in [0.3, 0.4) is 0 Å². The monoisotopic (exact) mass is 331 g/mol. The molecular formula is C16H19N4O4+. The fraction of sp³-hybridized carbons (Fsp3) is 0.438. The number of hydrogen-bond donors (Lipinski definition) is 0. The molecule has 0 N–H and O–H groups in total. The van der Waals surface area contributed by atoms with E-state index in [9.17, 15) is 14.4 Å².